The molecule has 0 bridgehead atoms. The molecule has 0 spiro atoms. The lowest BCUT2D eigenvalue weighted by molar-refractivity contribution is -0.128. The number of anilines is 1. The number of aryl methyl sites for hydroxylation is 1. The maximum absolute atomic E-state index is 12.2. The number of guanidine groups is 1. The van der Waals surface area contributed by atoms with Crippen LogP contribution >= 0.6 is 0 Å². The third-order valence-corrected chi connectivity index (χ3v) is 4.17. The molecule has 130 valence electrons. The molecule has 3 rings (SSSR count). The number of aliphatic imine (C=N–C) groups is 1. The maximum atomic E-state index is 12.2. The molecule has 0 aliphatic carbocycles. The van der Waals surface area contributed by atoms with E-state index in [1.807, 2.05) is 13.0 Å². The van der Waals surface area contributed by atoms with E-state index in [0.29, 0.717) is 11.4 Å². The average Bonchev–Trinajstić information content (AvgIpc) is 2.99. The molecule has 2 amide bonds. The monoisotopic (exact) mass is 341 g/mol. The number of amides is 2. The molecule has 1 aliphatic heterocycles. The van der Waals surface area contributed by atoms with E-state index in [9.17, 15) is 9.59 Å². The summed E-state index contributed by atoms with van der Waals surface area (Å²) in [4.78, 5) is 30.1. The van der Waals surface area contributed by atoms with Crippen molar-refractivity contribution in [2.24, 2.45) is 10.7 Å². The van der Waals surface area contributed by atoms with Gasteiger partial charge >= 0.3 is 0 Å². The standard InChI is InChI=1S/C17H19N5O3/c1-10-7-13(25-21-10)15(24)19-12-6-4-5-11(8-12)17(2)9-14(23)22(3)16(18)20-17/h4-8H,9H2,1-3H3,(H2,18,20)(H,19,24). The molecule has 1 aromatic carbocycles. The first-order chi connectivity index (χ1) is 11.8. The maximum Gasteiger partial charge on any atom is 0.294 e. The summed E-state index contributed by atoms with van der Waals surface area (Å²) in [6.07, 6.45) is 0.197. The number of hydrogen-bond acceptors (Lipinski definition) is 6. The van der Waals surface area contributed by atoms with Crippen LogP contribution in [0, 0.1) is 6.92 Å². The van der Waals surface area contributed by atoms with E-state index < -0.39 is 11.4 Å². The molecule has 8 heteroatoms. The molecule has 1 atom stereocenters. The number of nitrogens with one attached hydrogen (secondary N) is 1. The van der Waals surface area contributed by atoms with Crippen molar-refractivity contribution in [3.63, 3.8) is 0 Å². The van der Waals surface area contributed by atoms with Crippen LogP contribution in [0.4, 0.5) is 5.69 Å². The lowest BCUT2D eigenvalue weighted by atomic mass is 9.87. The van der Waals surface area contributed by atoms with Crippen LogP contribution in [0.25, 0.3) is 0 Å². The third-order valence-electron chi connectivity index (χ3n) is 4.17. The SMILES string of the molecule is Cc1cc(C(=O)Nc2cccc(C3(C)CC(=O)N(C)C(N)=N3)c2)on1. The van der Waals surface area contributed by atoms with Crippen LogP contribution in [0.3, 0.4) is 0 Å². The summed E-state index contributed by atoms with van der Waals surface area (Å²) in [5.41, 5.74) is 7.04. The largest absolute Gasteiger partial charge is 0.369 e. The highest BCUT2D eigenvalue weighted by Crippen LogP contribution is 2.34. The first-order valence-corrected chi connectivity index (χ1v) is 7.75. The van der Waals surface area contributed by atoms with Gasteiger partial charge in [-0.05, 0) is 31.5 Å². The zero-order valence-corrected chi connectivity index (χ0v) is 14.2. The van der Waals surface area contributed by atoms with Crippen LogP contribution in [0.15, 0.2) is 39.8 Å². The Morgan fingerprint density at radius 2 is 2.16 bits per heavy atom. The van der Waals surface area contributed by atoms with Gasteiger partial charge in [-0.25, -0.2) is 4.99 Å². The molecule has 2 aromatic rings. The quantitative estimate of drug-likeness (QED) is 0.880. The smallest absolute Gasteiger partial charge is 0.294 e. The molecule has 8 nitrogen and oxygen atoms in total. The van der Waals surface area contributed by atoms with E-state index in [1.54, 1.807) is 38.2 Å². The second-order valence-corrected chi connectivity index (χ2v) is 6.24. The summed E-state index contributed by atoms with van der Waals surface area (Å²) in [6.45, 7) is 3.58. The van der Waals surface area contributed by atoms with E-state index in [1.165, 1.54) is 4.90 Å². The van der Waals surface area contributed by atoms with Gasteiger partial charge in [-0.15, -0.1) is 0 Å². The second-order valence-electron chi connectivity index (χ2n) is 6.24. The highest BCUT2D eigenvalue weighted by Gasteiger charge is 2.36. The highest BCUT2D eigenvalue weighted by atomic mass is 16.5. The fraction of sp³-hybridized carbons (Fsp3) is 0.294. The number of aromatic nitrogens is 1. The molecule has 0 saturated heterocycles. The molecule has 3 N–H and O–H groups in total. The molecule has 1 aromatic heterocycles. The van der Waals surface area contributed by atoms with E-state index in [4.69, 9.17) is 10.3 Å². The molecule has 0 saturated carbocycles. The molecule has 0 radical (unpaired) electrons. The van der Waals surface area contributed by atoms with E-state index in [2.05, 4.69) is 15.5 Å². The van der Waals surface area contributed by atoms with Gasteiger partial charge in [0.2, 0.25) is 11.7 Å². The predicted octanol–water partition coefficient (Wildman–Crippen LogP) is 1.63. The Morgan fingerprint density at radius 1 is 1.40 bits per heavy atom. The predicted molar refractivity (Wildman–Crippen MR) is 92.0 cm³/mol. The minimum atomic E-state index is -0.781. The Morgan fingerprint density at radius 3 is 2.80 bits per heavy atom. The molecular weight excluding hydrogens is 322 g/mol. The van der Waals surface area contributed by atoms with Gasteiger partial charge < -0.3 is 15.6 Å². The van der Waals surface area contributed by atoms with E-state index >= 15 is 0 Å². The Kier molecular flexibility index (Phi) is 4.03. The normalized spacial score (nSPS) is 20.4. The van der Waals surface area contributed by atoms with Gasteiger partial charge in [-0.1, -0.05) is 17.3 Å². The summed E-state index contributed by atoms with van der Waals surface area (Å²) >= 11 is 0. The second kappa shape index (κ2) is 6.04. The minimum Gasteiger partial charge on any atom is -0.369 e. The van der Waals surface area contributed by atoms with Gasteiger partial charge in [0.1, 0.15) is 0 Å². The summed E-state index contributed by atoms with van der Waals surface area (Å²) in [7, 11) is 1.59. The van der Waals surface area contributed by atoms with Crippen molar-refractivity contribution in [3.05, 3.63) is 47.3 Å². The highest BCUT2D eigenvalue weighted by molar-refractivity contribution is 6.02. The molecule has 0 fully saturated rings. The fourth-order valence-corrected chi connectivity index (χ4v) is 2.67. The third kappa shape index (κ3) is 3.23. The first kappa shape index (κ1) is 16.7. The Balaban J connectivity index is 1.87. The number of rotatable bonds is 3. The van der Waals surface area contributed by atoms with Gasteiger partial charge in [0, 0.05) is 18.8 Å². The van der Waals surface area contributed by atoms with Crippen molar-refractivity contribution in [3.8, 4) is 0 Å². The van der Waals surface area contributed by atoms with Crippen LogP contribution in [-0.4, -0.2) is 34.9 Å². The van der Waals surface area contributed by atoms with Crippen molar-refractivity contribution in [1.82, 2.24) is 10.1 Å². The summed E-state index contributed by atoms with van der Waals surface area (Å²) in [5.74, 6) is -0.205. The molecule has 1 unspecified atom stereocenters. The number of carbonyl (C=O) groups is 2. The van der Waals surface area contributed by atoms with Crippen LogP contribution in [0.2, 0.25) is 0 Å². The zero-order valence-electron chi connectivity index (χ0n) is 14.2. The Hall–Kier alpha value is -3.16. The van der Waals surface area contributed by atoms with E-state index in [0.717, 1.165) is 5.56 Å². The minimum absolute atomic E-state index is 0.110. The van der Waals surface area contributed by atoms with Crippen molar-refractivity contribution in [1.29, 1.82) is 0 Å². The summed E-state index contributed by atoms with van der Waals surface area (Å²) in [6, 6.07) is 8.72. The molecule has 2 heterocycles. The van der Waals surface area contributed by atoms with Gasteiger partial charge in [0.25, 0.3) is 5.91 Å². The summed E-state index contributed by atoms with van der Waals surface area (Å²) in [5, 5.41) is 6.45. The topological polar surface area (TPSA) is 114 Å². The van der Waals surface area contributed by atoms with Gasteiger partial charge in [-0.3, -0.25) is 14.5 Å². The number of hydrogen-bond donors (Lipinski definition) is 2. The van der Waals surface area contributed by atoms with Crippen LogP contribution in [-0.2, 0) is 10.3 Å². The lowest BCUT2D eigenvalue weighted by Crippen LogP contribution is -2.47. The summed E-state index contributed by atoms with van der Waals surface area (Å²) < 4.78 is 4.95. The molecule has 25 heavy (non-hydrogen) atoms. The van der Waals surface area contributed by atoms with Gasteiger partial charge in [-0.2, -0.15) is 0 Å². The number of carbonyl (C=O) groups excluding carboxylic acids is 2. The van der Waals surface area contributed by atoms with E-state index in [-0.39, 0.29) is 24.0 Å². The van der Waals surface area contributed by atoms with Crippen LogP contribution < -0.4 is 11.1 Å². The van der Waals surface area contributed by atoms with Crippen molar-refractivity contribution < 1.29 is 14.1 Å². The first-order valence-electron chi connectivity index (χ1n) is 7.75. The Bertz CT molecular complexity index is 873. The van der Waals surface area contributed by atoms with Crippen LogP contribution in [0.1, 0.15) is 35.2 Å². The lowest BCUT2D eigenvalue weighted by Gasteiger charge is -2.33. The van der Waals surface area contributed by atoms with Crippen molar-refractivity contribution in [2.75, 3.05) is 12.4 Å². The van der Waals surface area contributed by atoms with Crippen molar-refractivity contribution in [2.45, 2.75) is 25.8 Å². The molecular formula is C17H19N5O3. The van der Waals surface area contributed by atoms with Crippen LogP contribution in [0.5, 0.6) is 0 Å². The van der Waals surface area contributed by atoms with Crippen molar-refractivity contribution >= 4 is 23.5 Å². The average molecular weight is 341 g/mol. The van der Waals surface area contributed by atoms with Gasteiger partial charge in [0.05, 0.1) is 17.7 Å². The zero-order chi connectivity index (χ0) is 18.2. The molecule has 1 aliphatic rings. The number of nitrogens with two attached hydrogens (primary N) is 1. The Labute approximate surface area is 144 Å². The number of benzene rings is 1. The number of nitrogens with zero attached hydrogens (tertiary/aromatic N) is 3. The fourth-order valence-electron chi connectivity index (χ4n) is 2.67. The van der Waals surface area contributed by atoms with Gasteiger partial charge in [0.15, 0.2) is 5.96 Å².